The van der Waals surface area contributed by atoms with Gasteiger partial charge < -0.3 is 10.4 Å². The molecule has 16 heavy (non-hydrogen) atoms. The van der Waals surface area contributed by atoms with Crippen molar-refractivity contribution in [1.29, 1.82) is 0 Å². The number of carbonyl (C=O) groups is 1. The number of aliphatic hydroxyl groups is 1. The lowest BCUT2D eigenvalue weighted by atomic mass is 10.00. The molecule has 0 fully saturated rings. The number of benzene rings is 1. The Morgan fingerprint density at radius 3 is 2.88 bits per heavy atom. The van der Waals surface area contributed by atoms with Crippen molar-refractivity contribution in [3.8, 4) is 0 Å². The Balaban J connectivity index is 3.02. The van der Waals surface area contributed by atoms with Crippen molar-refractivity contribution in [2.24, 2.45) is 0 Å². The zero-order valence-electron chi connectivity index (χ0n) is 8.84. The highest BCUT2D eigenvalue weighted by molar-refractivity contribution is 9.10. The molecule has 0 saturated carbocycles. The van der Waals surface area contributed by atoms with Gasteiger partial charge in [-0.2, -0.15) is 0 Å². The molecule has 1 amide bonds. The van der Waals surface area contributed by atoms with Crippen LogP contribution in [0.25, 0.3) is 0 Å². The highest BCUT2D eigenvalue weighted by atomic mass is 79.9. The van der Waals surface area contributed by atoms with Gasteiger partial charge in [0.2, 0.25) is 5.91 Å². The first kappa shape index (κ1) is 13.5. The minimum Gasteiger partial charge on any atom is -0.396 e. The van der Waals surface area contributed by atoms with Crippen LogP contribution in [0.2, 0.25) is 0 Å². The van der Waals surface area contributed by atoms with Crippen LogP contribution in [0.1, 0.15) is 18.4 Å². The second-order valence-corrected chi connectivity index (χ2v) is 4.68. The summed E-state index contributed by atoms with van der Waals surface area (Å²) in [5.41, 5.74) is 1.57. The zero-order valence-corrected chi connectivity index (χ0v) is 11.2. The Kier molecular flexibility index (Phi) is 5.25. The van der Waals surface area contributed by atoms with Gasteiger partial charge in [0.1, 0.15) is 5.88 Å². The first-order chi connectivity index (χ1) is 7.58. The van der Waals surface area contributed by atoms with E-state index in [0.29, 0.717) is 5.69 Å². The minimum absolute atomic E-state index is 0.0280. The largest absolute Gasteiger partial charge is 0.396 e. The van der Waals surface area contributed by atoms with E-state index in [-0.39, 0.29) is 24.3 Å². The third kappa shape index (κ3) is 3.47. The van der Waals surface area contributed by atoms with E-state index in [4.69, 9.17) is 16.7 Å². The van der Waals surface area contributed by atoms with Crippen LogP contribution in [0.5, 0.6) is 0 Å². The van der Waals surface area contributed by atoms with Gasteiger partial charge in [-0.1, -0.05) is 22.9 Å². The third-order valence-corrected chi connectivity index (χ3v) is 2.95. The van der Waals surface area contributed by atoms with Crippen molar-refractivity contribution in [2.75, 3.05) is 17.8 Å². The summed E-state index contributed by atoms with van der Waals surface area (Å²) >= 11 is 8.78. The summed E-state index contributed by atoms with van der Waals surface area (Å²) in [7, 11) is 0. The van der Waals surface area contributed by atoms with E-state index in [1.165, 1.54) is 0 Å². The lowest BCUT2D eigenvalue weighted by Gasteiger charge is -2.15. The van der Waals surface area contributed by atoms with Gasteiger partial charge >= 0.3 is 0 Å². The molecule has 1 aromatic rings. The molecule has 0 aliphatic rings. The summed E-state index contributed by atoms with van der Waals surface area (Å²) in [5, 5.41) is 11.8. The van der Waals surface area contributed by atoms with E-state index >= 15 is 0 Å². The van der Waals surface area contributed by atoms with E-state index in [9.17, 15) is 4.79 Å². The lowest BCUT2D eigenvalue weighted by molar-refractivity contribution is -0.113. The van der Waals surface area contributed by atoms with Crippen LogP contribution in [0.4, 0.5) is 5.69 Å². The maximum absolute atomic E-state index is 11.2. The fourth-order valence-electron chi connectivity index (χ4n) is 1.34. The Labute approximate surface area is 108 Å². The second-order valence-electron chi connectivity index (χ2n) is 3.50. The van der Waals surface area contributed by atoms with Crippen molar-refractivity contribution < 1.29 is 9.90 Å². The maximum Gasteiger partial charge on any atom is 0.239 e. The average Bonchev–Trinajstić information content (AvgIpc) is 2.30. The molecule has 0 aromatic heterocycles. The van der Waals surface area contributed by atoms with E-state index < -0.39 is 0 Å². The highest BCUT2D eigenvalue weighted by Gasteiger charge is 2.12. The van der Waals surface area contributed by atoms with Gasteiger partial charge in [0.15, 0.2) is 0 Å². The van der Waals surface area contributed by atoms with Crippen LogP contribution in [0.15, 0.2) is 22.7 Å². The van der Waals surface area contributed by atoms with Gasteiger partial charge in [-0.15, -0.1) is 11.6 Å². The second kappa shape index (κ2) is 6.23. The van der Waals surface area contributed by atoms with Crippen molar-refractivity contribution in [2.45, 2.75) is 12.8 Å². The number of nitrogens with one attached hydrogen (secondary N) is 1. The van der Waals surface area contributed by atoms with Crippen LogP contribution in [-0.2, 0) is 4.79 Å². The normalized spacial score (nSPS) is 12.2. The van der Waals surface area contributed by atoms with Gasteiger partial charge in [0.05, 0.1) is 0 Å². The van der Waals surface area contributed by atoms with Crippen molar-refractivity contribution in [3.63, 3.8) is 0 Å². The molecule has 0 spiro atoms. The van der Waals surface area contributed by atoms with Crippen molar-refractivity contribution in [3.05, 3.63) is 28.2 Å². The fraction of sp³-hybridized carbons (Fsp3) is 0.364. The molecular weight excluding hydrogens is 293 g/mol. The number of hydrogen-bond acceptors (Lipinski definition) is 2. The molecule has 0 saturated heterocycles. The molecule has 0 aliphatic carbocycles. The molecule has 0 radical (unpaired) electrons. The maximum atomic E-state index is 11.2. The zero-order chi connectivity index (χ0) is 12.1. The van der Waals surface area contributed by atoms with Crippen LogP contribution < -0.4 is 5.32 Å². The van der Waals surface area contributed by atoms with Crippen molar-refractivity contribution in [1.82, 2.24) is 0 Å². The number of rotatable bonds is 4. The topological polar surface area (TPSA) is 49.3 Å². The molecule has 0 bridgehead atoms. The Bertz CT molecular complexity index is 384. The molecule has 1 atom stereocenters. The fourth-order valence-corrected chi connectivity index (χ4v) is 1.78. The summed E-state index contributed by atoms with van der Waals surface area (Å²) < 4.78 is 0.909. The van der Waals surface area contributed by atoms with E-state index in [0.717, 1.165) is 10.0 Å². The minimum atomic E-state index is -0.254. The van der Waals surface area contributed by atoms with Gasteiger partial charge in [0.25, 0.3) is 0 Å². The van der Waals surface area contributed by atoms with E-state index in [2.05, 4.69) is 21.2 Å². The Morgan fingerprint density at radius 2 is 2.31 bits per heavy atom. The summed E-state index contributed by atoms with van der Waals surface area (Å²) in [6.45, 7) is 1.92. The molecule has 5 heteroatoms. The molecular formula is C11H13BrClNO2. The predicted octanol–water partition coefficient (Wildman–Crippen LogP) is 2.72. The Hall–Kier alpha value is -0.580. The molecule has 0 aliphatic heterocycles. The molecule has 1 unspecified atom stereocenters. The number of carbonyl (C=O) groups excluding carboxylic acids is 1. The Morgan fingerprint density at radius 1 is 1.62 bits per heavy atom. The monoisotopic (exact) mass is 305 g/mol. The number of halogens is 2. The van der Waals surface area contributed by atoms with Crippen LogP contribution in [0.3, 0.4) is 0 Å². The molecule has 1 rings (SSSR count). The summed E-state index contributed by atoms with van der Waals surface area (Å²) in [6.07, 6.45) is 0. The van der Waals surface area contributed by atoms with Gasteiger partial charge in [-0.25, -0.2) is 0 Å². The number of anilines is 1. The van der Waals surface area contributed by atoms with Crippen LogP contribution >= 0.6 is 27.5 Å². The van der Waals surface area contributed by atoms with Gasteiger partial charge in [-0.05, 0) is 23.8 Å². The van der Waals surface area contributed by atoms with Gasteiger partial charge in [-0.3, -0.25) is 4.79 Å². The molecule has 2 N–H and O–H groups in total. The lowest BCUT2D eigenvalue weighted by Crippen LogP contribution is -2.15. The quantitative estimate of drug-likeness (QED) is 0.840. The standard InChI is InChI=1S/C11H13BrClNO2/c1-7(6-15)9-4-8(12)2-3-10(9)14-11(16)5-13/h2-4,7,15H,5-6H2,1H3,(H,14,16). The third-order valence-electron chi connectivity index (χ3n) is 2.21. The van der Waals surface area contributed by atoms with E-state index in [1.54, 1.807) is 6.07 Å². The summed E-state index contributed by atoms with van der Waals surface area (Å²) in [4.78, 5) is 11.2. The number of amides is 1. The average molecular weight is 307 g/mol. The first-order valence-corrected chi connectivity index (χ1v) is 6.17. The highest BCUT2D eigenvalue weighted by Crippen LogP contribution is 2.27. The predicted molar refractivity (Wildman–Crippen MR) is 69.0 cm³/mol. The first-order valence-electron chi connectivity index (χ1n) is 4.84. The van der Waals surface area contributed by atoms with Crippen LogP contribution in [-0.4, -0.2) is 23.5 Å². The van der Waals surface area contributed by atoms with Gasteiger partial charge in [0, 0.05) is 22.7 Å². The molecule has 3 nitrogen and oxygen atoms in total. The molecule has 88 valence electrons. The molecule has 0 heterocycles. The summed E-state index contributed by atoms with van der Waals surface area (Å²) in [6, 6.07) is 5.50. The van der Waals surface area contributed by atoms with E-state index in [1.807, 2.05) is 19.1 Å². The molecule has 1 aromatic carbocycles. The summed E-state index contributed by atoms with van der Waals surface area (Å²) in [5.74, 6) is -0.373. The number of aliphatic hydroxyl groups excluding tert-OH is 1. The van der Waals surface area contributed by atoms with Crippen LogP contribution in [0, 0.1) is 0 Å². The van der Waals surface area contributed by atoms with Crippen molar-refractivity contribution >= 4 is 39.1 Å². The SMILES string of the molecule is CC(CO)c1cc(Br)ccc1NC(=O)CCl. The number of hydrogen-bond donors (Lipinski definition) is 2. The smallest absolute Gasteiger partial charge is 0.239 e. The number of alkyl halides is 1.